The van der Waals surface area contributed by atoms with Crippen LogP contribution < -0.4 is 10.6 Å². The van der Waals surface area contributed by atoms with Crippen molar-refractivity contribution in [3.05, 3.63) is 27.1 Å². The van der Waals surface area contributed by atoms with Crippen LogP contribution in [0.2, 0.25) is 0 Å². The molecule has 0 atom stereocenters. The van der Waals surface area contributed by atoms with Gasteiger partial charge in [-0.2, -0.15) is 0 Å². The van der Waals surface area contributed by atoms with E-state index >= 15 is 0 Å². The maximum atomic E-state index is 12.1. The second-order valence-electron chi connectivity index (χ2n) is 5.26. The van der Waals surface area contributed by atoms with E-state index in [-0.39, 0.29) is 12.5 Å². The lowest BCUT2D eigenvalue weighted by Gasteiger charge is -2.28. The number of carbonyl (C=O) groups excluding carboxylic acids is 1. The van der Waals surface area contributed by atoms with Gasteiger partial charge in [0, 0.05) is 8.95 Å². The summed E-state index contributed by atoms with van der Waals surface area (Å²) < 4.78 is 1.66. The molecule has 2 rings (SSSR count). The molecule has 1 aliphatic carbocycles. The maximum absolute atomic E-state index is 12.1. The molecular weight excluding hydrogens is 404 g/mol. The third-order valence-corrected chi connectivity index (χ3v) is 4.76. The average Bonchev–Trinajstić information content (AvgIpc) is 2.80. The molecule has 1 fully saturated rings. The lowest BCUT2D eigenvalue weighted by Crippen LogP contribution is -2.49. The molecule has 0 aliphatic heterocycles. The Bertz CT molecular complexity index is 557. The smallest absolute Gasteiger partial charge is 0.319 e. The number of hydrogen-bond donors (Lipinski definition) is 3. The molecule has 1 saturated carbocycles. The van der Waals surface area contributed by atoms with Crippen molar-refractivity contribution in [1.29, 1.82) is 0 Å². The molecule has 0 unspecified atom stereocenters. The molecule has 0 saturated heterocycles. The van der Waals surface area contributed by atoms with Gasteiger partial charge in [-0.1, -0.05) is 28.8 Å². The van der Waals surface area contributed by atoms with Crippen molar-refractivity contribution in [3.63, 3.8) is 0 Å². The SMILES string of the molecule is O=C(O)CC1(NC(=O)Nc2ccc(Br)cc2Br)CCCC1. The largest absolute Gasteiger partial charge is 0.481 e. The molecule has 0 radical (unpaired) electrons. The van der Waals surface area contributed by atoms with E-state index in [0.29, 0.717) is 18.5 Å². The first-order chi connectivity index (χ1) is 9.90. The van der Waals surface area contributed by atoms with Gasteiger partial charge in [-0.3, -0.25) is 4.79 Å². The van der Waals surface area contributed by atoms with Crippen molar-refractivity contribution >= 4 is 49.5 Å². The van der Waals surface area contributed by atoms with Crippen LogP contribution in [0.4, 0.5) is 10.5 Å². The summed E-state index contributed by atoms with van der Waals surface area (Å²) in [7, 11) is 0. The minimum absolute atomic E-state index is 0.0398. The summed E-state index contributed by atoms with van der Waals surface area (Å²) in [5, 5.41) is 14.6. The predicted molar refractivity (Wildman–Crippen MR) is 87.4 cm³/mol. The van der Waals surface area contributed by atoms with Gasteiger partial charge in [0.2, 0.25) is 0 Å². The number of nitrogens with one attached hydrogen (secondary N) is 2. The second kappa shape index (κ2) is 6.79. The lowest BCUT2D eigenvalue weighted by atomic mass is 9.93. The number of rotatable bonds is 4. The van der Waals surface area contributed by atoms with Gasteiger partial charge >= 0.3 is 12.0 Å². The van der Waals surface area contributed by atoms with Crippen LogP contribution >= 0.6 is 31.9 Å². The Morgan fingerprint density at radius 1 is 1.24 bits per heavy atom. The zero-order valence-corrected chi connectivity index (χ0v) is 14.5. The van der Waals surface area contributed by atoms with Crippen molar-refractivity contribution < 1.29 is 14.7 Å². The summed E-state index contributed by atoms with van der Waals surface area (Å²) in [5.41, 5.74) is 0.0109. The van der Waals surface area contributed by atoms with E-state index in [1.165, 1.54) is 0 Å². The predicted octanol–water partition coefficient (Wildman–Crippen LogP) is 4.12. The summed E-state index contributed by atoms with van der Waals surface area (Å²) >= 11 is 6.72. The fourth-order valence-corrected chi connectivity index (χ4v) is 3.82. The highest BCUT2D eigenvalue weighted by Crippen LogP contribution is 2.33. The number of carboxylic acid groups (broad SMARTS) is 1. The van der Waals surface area contributed by atoms with Gasteiger partial charge in [0.25, 0.3) is 0 Å². The minimum Gasteiger partial charge on any atom is -0.481 e. The number of carbonyl (C=O) groups is 2. The Morgan fingerprint density at radius 2 is 1.90 bits per heavy atom. The molecule has 0 bridgehead atoms. The first-order valence-corrected chi connectivity index (χ1v) is 8.25. The van der Waals surface area contributed by atoms with Gasteiger partial charge < -0.3 is 15.7 Å². The summed E-state index contributed by atoms with van der Waals surface area (Å²) in [6.45, 7) is 0. The molecule has 0 heterocycles. The first-order valence-electron chi connectivity index (χ1n) is 6.66. The fourth-order valence-electron chi connectivity index (χ4n) is 2.67. The molecule has 21 heavy (non-hydrogen) atoms. The van der Waals surface area contributed by atoms with E-state index in [1.807, 2.05) is 12.1 Å². The van der Waals surface area contributed by atoms with Crippen LogP contribution in [-0.4, -0.2) is 22.6 Å². The molecule has 1 aliphatic rings. The van der Waals surface area contributed by atoms with E-state index < -0.39 is 11.5 Å². The van der Waals surface area contributed by atoms with E-state index in [0.717, 1.165) is 21.8 Å². The number of urea groups is 1. The highest BCUT2D eigenvalue weighted by molar-refractivity contribution is 9.11. The molecule has 0 aromatic heterocycles. The first kappa shape index (κ1) is 16.3. The van der Waals surface area contributed by atoms with Crippen LogP contribution in [0, 0.1) is 0 Å². The van der Waals surface area contributed by atoms with E-state index in [1.54, 1.807) is 6.07 Å². The van der Waals surface area contributed by atoms with Gasteiger partial charge in [-0.15, -0.1) is 0 Å². The molecule has 3 N–H and O–H groups in total. The molecule has 0 spiro atoms. The van der Waals surface area contributed by atoms with Gasteiger partial charge in [-0.05, 0) is 47.0 Å². The number of benzene rings is 1. The van der Waals surface area contributed by atoms with Crippen molar-refractivity contribution in [2.75, 3.05) is 5.32 Å². The van der Waals surface area contributed by atoms with Crippen molar-refractivity contribution in [1.82, 2.24) is 5.32 Å². The Labute approximate surface area is 139 Å². The molecule has 1 aromatic rings. The van der Waals surface area contributed by atoms with Crippen LogP contribution in [0.3, 0.4) is 0 Å². The van der Waals surface area contributed by atoms with Crippen LogP contribution in [-0.2, 0) is 4.79 Å². The molecule has 5 nitrogen and oxygen atoms in total. The summed E-state index contributed by atoms with van der Waals surface area (Å²) in [6.07, 6.45) is 3.25. The molecule has 114 valence electrons. The molecule has 2 amide bonds. The molecule has 7 heteroatoms. The standard InChI is InChI=1S/C14H16Br2N2O3/c15-9-3-4-11(10(16)7-9)17-13(21)18-14(8-12(19)20)5-1-2-6-14/h3-4,7H,1-2,5-6,8H2,(H,19,20)(H2,17,18,21). The highest BCUT2D eigenvalue weighted by atomic mass is 79.9. The van der Waals surface area contributed by atoms with Crippen LogP contribution in [0.25, 0.3) is 0 Å². The summed E-state index contributed by atoms with van der Waals surface area (Å²) in [4.78, 5) is 23.2. The Morgan fingerprint density at radius 3 is 2.48 bits per heavy atom. The van der Waals surface area contributed by atoms with Crippen molar-refractivity contribution in [3.8, 4) is 0 Å². The van der Waals surface area contributed by atoms with Crippen LogP contribution in [0.15, 0.2) is 27.1 Å². The van der Waals surface area contributed by atoms with Gasteiger partial charge in [0.1, 0.15) is 0 Å². The zero-order chi connectivity index (χ0) is 15.5. The Balaban J connectivity index is 2.04. The van der Waals surface area contributed by atoms with E-state index in [2.05, 4.69) is 42.5 Å². The lowest BCUT2D eigenvalue weighted by molar-refractivity contribution is -0.138. The quantitative estimate of drug-likeness (QED) is 0.686. The summed E-state index contributed by atoms with van der Waals surface area (Å²) in [5.74, 6) is -0.887. The number of hydrogen-bond acceptors (Lipinski definition) is 2. The second-order valence-corrected chi connectivity index (χ2v) is 7.03. The third-order valence-electron chi connectivity index (χ3n) is 3.61. The maximum Gasteiger partial charge on any atom is 0.319 e. The fraction of sp³-hybridized carbons (Fsp3) is 0.429. The van der Waals surface area contributed by atoms with Crippen LogP contribution in [0.1, 0.15) is 32.1 Å². The van der Waals surface area contributed by atoms with E-state index in [9.17, 15) is 9.59 Å². The molecular formula is C14H16Br2N2O3. The topological polar surface area (TPSA) is 78.4 Å². The van der Waals surface area contributed by atoms with Crippen molar-refractivity contribution in [2.45, 2.75) is 37.6 Å². The summed E-state index contributed by atoms with van der Waals surface area (Å²) in [6, 6.07) is 5.05. The Hall–Kier alpha value is -1.08. The normalized spacial score (nSPS) is 16.5. The van der Waals surface area contributed by atoms with Gasteiger partial charge in [-0.25, -0.2) is 4.79 Å². The monoisotopic (exact) mass is 418 g/mol. The minimum atomic E-state index is -0.887. The van der Waals surface area contributed by atoms with E-state index in [4.69, 9.17) is 5.11 Å². The number of aliphatic carboxylic acids is 1. The number of halogens is 2. The average molecular weight is 420 g/mol. The third kappa shape index (κ3) is 4.44. The van der Waals surface area contributed by atoms with Gasteiger partial charge in [0.05, 0.1) is 17.6 Å². The van der Waals surface area contributed by atoms with Gasteiger partial charge in [0.15, 0.2) is 0 Å². The molecule has 1 aromatic carbocycles. The van der Waals surface area contributed by atoms with Crippen LogP contribution in [0.5, 0.6) is 0 Å². The Kier molecular flexibility index (Phi) is 5.27. The number of anilines is 1. The number of carboxylic acids is 1. The number of amides is 2. The van der Waals surface area contributed by atoms with Crippen molar-refractivity contribution in [2.24, 2.45) is 0 Å². The highest BCUT2D eigenvalue weighted by Gasteiger charge is 2.37. The zero-order valence-electron chi connectivity index (χ0n) is 11.3.